The molecule has 0 aliphatic heterocycles. The van der Waals surface area contributed by atoms with Gasteiger partial charge < -0.3 is 0 Å². The molecule has 2 aromatic carbocycles. The molecular weight excluding hydrogens is 239 g/mol. The molecule has 0 N–H and O–H groups in total. The zero-order chi connectivity index (χ0) is 13.4. The van der Waals surface area contributed by atoms with Crippen LogP contribution in [0.1, 0.15) is 39.4 Å². The van der Waals surface area contributed by atoms with E-state index in [1.807, 2.05) is 18.2 Å². The van der Waals surface area contributed by atoms with Crippen molar-refractivity contribution in [2.75, 3.05) is 0 Å². The van der Waals surface area contributed by atoms with Crippen LogP contribution in [-0.2, 0) is 6.42 Å². The minimum atomic E-state index is -0.261. The van der Waals surface area contributed by atoms with E-state index in [9.17, 15) is 9.18 Å². The molecule has 0 fully saturated rings. The van der Waals surface area contributed by atoms with Gasteiger partial charge >= 0.3 is 0 Å². The molecule has 1 unspecified atom stereocenters. The van der Waals surface area contributed by atoms with Gasteiger partial charge in [-0.25, -0.2) is 4.39 Å². The summed E-state index contributed by atoms with van der Waals surface area (Å²) in [5.41, 5.74) is 3.53. The first-order chi connectivity index (χ1) is 9.16. The highest BCUT2D eigenvalue weighted by Gasteiger charge is 2.28. The van der Waals surface area contributed by atoms with Crippen molar-refractivity contribution in [2.24, 2.45) is 0 Å². The number of rotatable bonds is 2. The number of carbonyl (C=O) groups is 1. The van der Waals surface area contributed by atoms with Gasteiger partial charge in [-0.05, 0) is 54.7 Å². The molecule has 1 atom stereocenters. The zero-order valence-electron chi connectivity index (χ0n) is 10.8. The van der Waals surface area contributed by atoms with Crippen LogP contribution in [-0.4, -0.2) is 5.78 Å². The van der Waals surface area contributed by atoms with Crippen molar-refractivity contribution in [1.82, 2.24) is 0 Å². The van der Waals surface area contributed by atoms with E-state index in [1.54, 1.807) is 19.1 Å². The van der Waals surface area contributed by atoms with Crippen molar-refractivity contribution < 1.29 is 9.18 Å². The Kier molecular flexibility index (Phi) is 2.94. The van der Waals surface area contributed by atoms with Gasteiger partial charge in [-0.1, -0.05) is 24.3 Å². The van der Waals surface area contributed by atoms with Gasteiger partial charge in [0.1, 0.15) is 5.82 Å². The molecule has 0 heterocycles. The minimum absolute atomic E-state index is 0.0685. The van der Waals surface area contributed by atoms with Crippen LogP contribution in [0.3, 0.4) is 0 Å². The Hall–Kier alpha value is -1.96. The maximum absolute atomic E-state index is 13.3. The van der Waals surface area contributed by atoms with E-state index in [0.29, 0.717) is 11.1 Å². The van der Waals surface area contributed by atoms with Crippen LogP contribution < -0.4 is 0 Å². The summed E-state index contributed by atoms with van der Waals surface area (Å²) in [7, 11) is 0. The van der Waals surface area contributed by atoms with E-state index in [2.05, 4.69) is 6.07 Å². The summed E-state index contributed by atoms with van der Waals surface area (Å²) < 4.78 is 13.3. The van der Waals surface area contributed by atoms with Crippen LogP contribution in [0.4, 0.5) is 4.39 Å². The first-order valence-corrected chi connectivity index (χ1v) is 6.55. The van der Waals surface area contributed by atoms with Crippen LogP contribution in [0, 0.1) is 12.7 Å². The number of Topliss-reactive ketones (excluding diaryl/α,β-unsaturated/α-hetero) is 1. The smallest absolute Gasteiger partial charge is 0.170 e. The van der Waals surface area contributed by atoms with E-state index in [0.717, 1.165) is 18.4 Å². The summed E-state index contributed by atoms with van der Waals surface area (Å²) in [4.78, 5) is 12.6. The van der Waals surface area contributed by atoms with Crippen molar-refractivity contribution in [3.05, 3.63) is 70.5 Å². The topological polar surface area (TPSA) is 17.1 Å². The number of hydrogen-bond donors (Lipinski definition) is 0. The normalized spacial score (nSPS) is 17.3. The first-order valence-electron chi connectivity index (χ1n) is 6.55. The van der Waals surface area contributed by atoms with Gasteiger partial charge in [0, 0.05) is 11.5 Å². The largest absolute Gasteiger partial charge is 0.293 e. The molecule has 2 heteroatoms. The van der Waals surface area contributed by atoms with E-state index in [1.165, 1.54) is 11.6 Å². The lowest BCUT2D eigenvalue weighted by Gasteiger charge is -2.11. The fourth-order valence-corrected chi connectivity index (χ4v) is 2.83. The van der Waals surface area contributed by atoms with Crippen molar-refractivity contribution in [2.45, 2.75) is 25.7 Å². The minimum Gasteiger partial charge on any atom is -0.293 e. The van der Waals surface area contributed by atoms with Gasteiger partial charge in [-0.2, -0.15) is 0 Å². The van der Waals surface area contributed by atoms with Crippen molar-refractivity contribution in [3.63, 3.8) is 0 Å². The Morgan fingerprint density at radius 1 is 1.21 bits per heavy atom. The number of aryl methyl sites for hydroxylation is 2. The van der Waals surface area contributed by atoms with Crippen LogP contribution in [0.15, 0.2) is 42.5 Å². The van der Waals surface area contributed by atoms with E-state index < -0.39 is 0 Å². The van der Waals surface area contributed by atoms with Gasteiger partial charge in [0.25, 0.3) is 0 Å². The Labute approximate surface area is 112 Å². The molecule has 0 amide bonds. The summed E-state index contributed by atoms with van der Waals surface area (Å²) in [5, 5.41) is 0. The highest BCUT2D eigenvalue weighted by atomic mass is 19.1. The highest BCUT2D eigenvalue weighted by molar-refractivity contribution is 6.01. The lowest BCUT2D eigenvalue weighted by molar-refractivity contribution is 0.0959. The molecule has 3 rings (SSSR count). The molecule has 19 heavy (non-hydrogen) atoms. The molecule has 0 aromatic heterocycles. The number of ketones is 1. The van der Waals surface area contributed by atoms with Crippen molar-refractivity contribution in [1.29, 1.82) is 0 Å². The molecular formula is C17H15FO. The SMILES string of the molecule is Cc1cc(C(=O)C2CCc3ccccc32)ccc1F. The number of carbonyl (C=O) groups excluding carboxylic acids is 1. The molecule has 96 valence electrons. The second-order valence-electron chi connectivity index (χ2n) is 5.12. The Balaban J connectivity index is 1.95. The van der Waals surface area contributed by atoms with Gasteiger partial charge in [-0.3, -0.25) is 4.79 Å². The Bertz CT molecular complexity index is 645. The predicted octanol–water partition coefficient (Wildman–Crippen LogP) is 4.05. The fourth-order valence-electron chi connectivity index (χ4n) is 2.83. The maximum Gasteiger partial charge on any atom is 0.170 e. The molecule has 2 aromatic rings. The van der Waals surface area contributed by atoms with Gasteiger partial charge in [0.2, 0.25) is 0 Å². The zero-order valence-corrected chi connectivity index (χ0v) is 10.8. The summed E-state index contributed by atoms with van der Waals surface area (Å²) >= 11 is 0. The first kappa shape index (κ1) is 12.1. The van der Waals surface area contributed by atoms with Crippen LogP contribution >= 0.6 is 0 Å². The average molecular weight is 254 g/mol. The van der Waals surface area contributed by atoms with E-state index >= 15 is 0 Å². The van der Waals surface area contributed by atoms with Gasteiger partial charge in [0.05, 0.1) is 0 Å². The second kappa shape index (κ2) is 4.61. The number of benzene rings is 2. The van der Waals surface area contributed by atoms with Gasteiger partial charge in [0.15, 0.2) is 5.78 Å². The van der Waals surface area contributed by atoms with E-state index in [-0.39, 0.29) is 17.5 Å². The monoisotopic (exact) mass is 254 g/mol. The molecule has 0 saturated heterocycles. The van der Waals surface area contributed by atoms with Crippen LogP contribution in [0.5, 0.6) is 0 Å². The Morgan fingerprint density at radius 3 is 2.79 bits per heavy atom. The molecule has 1 aliphatic carbocycles. The third-order valence-corrected chi connectivity index (χ3v) is 3.89. The third kappa shape index (κ3) is 2.07. The van der Waals surface area contributed by atoms with Crippen LogP contribution in [0.25, 0.3) is 0 Å². The number of halogens is 1. The Morgan fingerprint density at radius 2 is 2.00 bits per heavy atom. The quantitative estimate of drug-likeness (QED) is 0.739. The van der Waals surface area contributed by atoms with E-state index in [4.69, 9.17) is 0 Å². The van der Waals surface area contributed by atoms with Crippen molar-refractivity contribution in [3.8, 4) is 0 Å². The predicted molar refractivity (Wildman–Crippen MR) is 73.0 cm³/mol. The van der Waals surface area contributed by atoms with Gasteiger partial charge in [-0.15, -0.1) is 0 Å². The number of hydrogen-bond acceptors (Lipinski definition) is 1. The highest BCUT2D eigenvalue weighted by Crippen LogP contribution is 2.35. The summed E-state index contributed by atoms with van der Waals surface area (Å²) in [5.74, 6) is -0.225. The molecule has 0 radical (unpaired) electrons. The number of fused-ring (bicyclic) bond motifs is 1. The molecule has 1 nitrogen and oxygen atoms in total. The molecule has 0 bridgehead atoms. The standard InChI is InChI=1S/C17H15FO/c1-11-10-13(7-9-16(11)18)17(19)15-8-6-12-4-2-3-5-14(12)15/h2-5,7,9-10,15H,6,8H2,1H3. The average Bonchev–Trinajstić information content (AvgIpc) is 2.85. The molecule has 0 saturated carbocycles. The second-order valence-corrected chi connectivity index (χ2v) is 5.12. The van der Waals surface area contributed by atoms with Crippen molar-refractivity contribution >= 4 is 5.78 Å². The lowest BCUT2D eigenvalue weighted by Crippen LogP contribution is -2.10. The summed E-state index contributed by atoms with van der Waals surface area (Å²) in [6.45, 7) is 1.69. The summed E-state index contributed by atoms with van der Waals surface area (Å²) in [6, 6.07) is 12.7. The lowest BCUT2D eigenvalue weighted by atomic mass is 9.91. The third-order valence-electron chi connectivity index (χ3n) is 3.89. The molecule has 1 aliphatic rings. The maximum atomic E-state index is 13.3. The van der Waals surface area contributed by atoms with Crippen LogP contribution in [0.2, 0.25) is 0 Å². The summed E-state index contributed by atoms with van der Waals surface area (Å²) in [6.07, 6.45) is 1.81. The molecule has 0 spiro atoms. The fraction of sp³-hybridized carbons (Fsp3) is 0.235.